The molecule has 1 fully saturated rings. The molecule has 0 aromatic rings. The number of amides is 4. The highest BCUT2D eigenvalue weighted by Crippen LogP contribution is 2.25. The Labute approximate surface area is 196 Å². The minimum absolute atomic E-state index is 0.0164. The van der Waals surface area contributed by atoms with Crippen molar-refractivity contribution < 1.29 is 38.6 Å². The van der Waals surface area contributed by atoms with Gasteiger partial charge in [-0.25, -0.2) is 0 Å². The maximum absolute atomic E-state index is 12.3. The number of ether oxygens (including phenoxy) is 2. The number of hydrogen-bond donors (Lipinski definition) is 5. The number of carbonyl (C=O) groups is 5. The molecule has 0 radical (unpaired) electrons. The van der Waals surface area contributed by atoms with Crippen molar-refractivity contribution in [1.29, 1.82) is 0 Å². The number of carbonyl (C=O) groups excluding carboxylic acids is 4. The molecule has 1 aliphatic rings. The molecule has 1 aliphatic heterocycles. The van der Waals surface area contributed by atoms with Crippen LogP contribution in [-0.4, -0.2) is 109 Å². The second kappa shape index (κ2) is 16.4. The Morgan fingerprint density at radius 2 is 1.70 bits per heavy atom. The van der Waals surface area contributed by atoms with Gasteiger partial charge in [-0.2, -0.15) is 0 Å². The van der Waals surface area contributed by atoms with E-state index in [1.165, 1.54) is 0 Å². The van der Waals surface area contributed by atoms with E-state index in [9.17, 15) is 24.0 Å². The standard InChI is InChI=1S/C19H33N5O8S/c20-3-4-22-16(26)2-7-31-9-10-32-8-5-23-15(25)1-6-24-17(27)11-14(18(24)28)33-12-13(21)19(29)30/h13-14H,1-12,20-21H2,(H,22,26)(H,23,25)(H,29,30). The van der Waals surface area contributed by atoms with Crippen molar-refractivity contribution in [2.75, 3.05) is 58.4 Å². The van der Waals surface area contributed by atoms with E-state index in [4.69, 9.17) is 26.0 Å². The topological polar surface area (TPSA) is 203 Å². The predicted molar refractivity (Wildman–Crippen MR) is 119 cm³/mol. The monoisotopic (exact) mass is 491 g/mol. The summed E-state index contributed by atoms with van der Waals surface area (Å²) in [7, 11) is 0. The third kappa shape index (κ3) is 12.0. The Bertz CT molecular complexity index is 681. The lowest BCUT2D eigenvalue weighted by atomic mass is 10.3. The summed E-state index contributed by atoms with van der Waals surface area (Å²) in [6.45, 7) is 2.19. The SMILES string of the molecule is NCCNC(=O)CCOCCOCCNC(=O)CCN1C(=O)CC(SCC(N)C(=O)O)C1=O. The summed E-state index contributed by atoms with van der Waals surface area (Å²) in [6, 6.07) is -1.11. The van der Waals surface area contributed by atoms with Gasteiger partial charge in [0.1, 0.15) is 6.04 Å². The normalized spacial score (nSPS) is 16.7. The van der Waals surface area contributed by atoms with Crippen molar-refractivity contribution in [3.05, 3.63) is 0 Å². The van der Waals surface area contributed by atoms with Gasteiger partial charge < -0.3 is 36.7 Å². The molecule has 2 unspecified atom stereocenters. The van der Waals surface area contributed by atoms with E-state index in [1.54, 1.807) is 0 Å². The van der Waals surface area contributed by atoms with Crippen molar-refractivity contribution in [2.45, 2.75) is 30.6 Å². The first-order chi connectivity index (χ1) is 15.8. The number of aliphatic carboxylic acids is 1. The minimum atomic E-state index is -1.17. The highest BCUT2D eigenvalue weighted by molar-refractivity contribution is 8.00. The minimum Gasteiger partial charge on any atom is -0.480 e. The van der Waals surface area contributed by atoms with Gasteiger partial charge in [0.25, 0.3) is 0 Å². The molecule has 33 heavy (non-hydrogen) atoms. The molecule has 0 spiro atoms. The van der Waals surface area contributed by atoms with Crippen LogP contribution in [0.25, 0.3) is 0 Å². The van der Waals surface area contributed by atoms with Gasteiger partial charge in [-0.1, -0.05) is 0 Å². The lowest BCUT2D eigenvalue weighted by Gasteiger charge is -2.15. The van der Waals surface area contributed by atoms with Crippen LogP contribution in [0.4, 0.5) is 0 Å². The van der Waals surface area contributed by atoms with E-state index in [-0.39, 0.29) is 63.1 Å². The highest BCUT2D eigenvalue weighted by Gasteiger charge is 2.39. The first kappa shape index (κ1) is 28.8. The fraction of sp³-hybridized carbons (Fsp3) is 0.737. The van der Waals surface area contributed by atoms with Crippen LogP contribution in [0.1, 0.15) is 19.3 Å². The molecule has 1 heterocycles. The number of carboxylic acid groups (broad SMARTS) is 1. The number of nitrogens with two attached hydrogens (primary N) is 2. The molecule has 0 aliphatic carbocycles. The van der Waals surface area contributed by atoms with Gasteiger partial charge in [0, 0.05) is 51.2 Å². The van der Waals surface area contributed by atoms with Gasteiger partial charge in [-0.15, -0.1) is 11.8 Å². The van der Waals surface area contributed by atoms with Crippen molar-refractivity contribution >= 4 is 41.4 Å². The third-order valence-electron chi connectivity index (χ3n) is 4.44. The first-order valence-electron chi connectivity index (χ1n) is 10.6. The summed E-state index contributed by atoms with van der Waals surface area (Å²) < 4.78 is 10.6. The summed E-state index contributed by atoms with van der Waals surface area (Å²) >= 11 is 1.03. The van der Waals surface area contributed by atoms with Gasteiger partial charge in [0.15, 0.2) is 0 Å². The van der Waals surface area contributed by atoms with E-state index in [0.717, 1.165) is 16.7 Å². The van der Waals surface area contributed by atoms with Gasteiger partial charge in [-0.3, -0.25) is 28.9 Å². The zero-order chi connectivity index (χ0) is 24.6. The number of rotatable bonds is 18. The Morgan fingerprint density at radius 1 is 1.06 bits per heavy atom. The largest absolute Gasteiger partial charge is 0.480 e. The van der Waals surface area contributed by atoms with Crippen LogP contribution in [0.2, 0.25) is 0 Å². The maximum atomic E-state index is 12.3. The average Bonchev–Trinajstić information content (AvgIpc) is 3.05. The lowest BCUT2D eigenvalue weighted by Crippen LogP contribution is -2.37. The summed E-state index contributed by atoms with van der Waals surface area (Å²) in [5.74, 6) is -2.44. The van der Waals surface area contributed by atoms with Gasteiger partial charge in [0.05, 0.1) is 31.7 Å². The highest BCUT2D eigenvalue weighted by atomic mass is 32.2. The van der Waals surface area contributed by atoms with Crippen LogP contribution in [-0.2, 0) is 33.4 Å². The Morgan fingerprint density at radius 3 is 2.36 bits per heavy atom. The van der Waals surface area contributed by atoms with Crippen molar-refractivity contribution in [3.63, 3.8) is 0 Å². The van der Waals surface area contributed by atoms with E-state index >= 15 is 0 Å². The van der Waals surface area contributed by atoms with E-state index in [0.29, 0.717) is 26.3 Å². The lowest BCUT2D eigenvalue weighted by molar-refractivity contribution is -0.139. The number of hydrogen-bond acceptors (Lipinski definition) is 10. The van der Waals surface area contributed by atoms with Crippen LogP contribution in [0.5, 0.6) is 0 Å². The van der Waals surface area contributed by atoms with Gasteiger partial charge in [-0.05, 0) is 0 Å². The molecule has 2 atom stereocenters. The number of carboxylic acids is 1. The second-order valence-electron chi connectivity index (χ2n) is 7.07. The number of nitrogens with one attached hydrogen (secondary N) is 2. The fourth-order valence-corrected chi connectivity index (χ4v) is 3.77. The summed E-state index contributed by atoms with van der Waals surface area (Å²) in [4.78, 5) is 59.4. The zero-order valence-corrected chi connectivity index (χ0v) is 19.3. The Hall–Kier alpha value is -2.26. The van der Waals surface area contributed by atoms with Crippen LogP contribution in [0.15, 0.2) is 0 Å². The molecule has 0 saturated carbocycles. The molecule has 1 saturated heterocycles. The Balaban J connectivity index is 2.08. The van der Waals surface area contributed by atoms with Crippen molar-refractivity contribution in [2.24, 2.45) is 11.5 Å². The smallest absolute Gasteiger partial charge is 0.321 e. The molecule has 188 valence electrons. The number of thioether (sulfide) groups is 1. The number of nitrogens with zero attached hydrogens (tertiary/aromatic N) is 1. The first-order valence-corrected chi connectivity index (χ1v) is 11.6. The molecule has 7 N–H and O–H groups in total. The molecular formula is C19H33N5O8S. The summed E-state index contributed by atoms with van der Waals surface area (Å²) in [6.07, 6.45) is 0.165. The van der Waals surface area contributed by atoms with Crippen LogP contribution in [0, 0.1) is 0 Å². The summed E-state index contributed by atoms with van der Waals surface area (Å²) in [5, 5.41) is 13.4. The third-order valence-corrected chi connectivity index (χ3v) is 5.76. The maximum Gasteiger partial charge on any atom is 0.321 e. The molecule has 14 heteroatoms. The van der Waals surface area contributed by atoms with Crippen LogP contribution < -0.4 is 22.1 Å². The van der Waals surface area contributed by atoms with E-state index in [1.807, 2.05) is 0 Å². The fourth-order valence-electron chi connectivity index (χ4n) is 2.66. The quantitative estimate of drug-likeness (QED) is 0.0983. The van der Waals surface area contributed by atoms with E-state index in [2.05, 4.69) is 10.6 Å². The molecule has 4 amide bonds. The van der Waals surface area contributed by atoms with Gasteiger partial charge >= 0.3 is 5.97 Å². The predicted octanol–water partition coefficient (Wildman–Crippen LogP) is -2.74. The van der Waals surface area contributed by atoms with Crippen molar-refractivity contribution in [3.8, 4) is 0 Å². The number of likely N-dealkylation sites (tertiary alicyclic amines) is 1. The van der Waals surface area contributed by atoms with Crippen LogP contribution >= 0.6 is 11.8 Å². The van der Waals surface area contributed by atoms with Crippen LogP contribution in [0.3, 0.4) is 0 Å². The molecule has 13 nitrogen and oxygen atoms in total. The Kier molecular flexibility index (Phi) is 14.3. The molecular weight excluding hydrogens is 458 g/mol. The second-order valence-corrected chi connectivity index (χ2v) is 8.30. The molecule has 0 bridgehead atoms. The molecule has 0 aromatic carbocycles. The summed E-state index contributed by atoms with van der Waals surface area (Å²) in [5.41, 5.74) is 10.7. The van der Waals surface area contributed by atoms with Gasteiger partial charge in [0.2, 0.25) is 23.6 Å². The molecule has 1 rings (SSSR count). The van der Waals surface area contributed by atoms with Crippen molar-refractivity contribution in [1.82, 2.24) is 15.5 Å². The average molecular weight is 492 g/mol. The zero-order valence-electron chi connectivity index (χ0n) is 18.5. The molecule has 0 aromatic heterocycles. The number of imide groups is 1. The van der Waals surface area contributed by atoms with E-state index < -0.39 is 29.1 Å².